The van der Waals surface area contributed by atoms with E-state index in [0.717, 1.165) is 32.7 Å². The highest BCUT2D eigenvalue weighted by molar-refractivity contribution is 5.99. The fraction of sp³-hybridized carbons (Fsp3) is 0.417. The van der Waals surface area contributed by atoms with E-state index < -0.39 is 11.4 Å². The zero-order chi connectivity index (χ0) is 34.5. The van der Waals surface area contributed by atoms with Gasteiger partial charge in [0, 0.05) is 70.1 Å². The molecule has 0 saturated carbocycles. The first-order valence-electron chi connectivity index (χ1n) is 16.6. The summed E-state index contributed by atoms with van der Waals surface area (Å²) in [5, 5.41) is 15.4. The minimum absolute atomic E-state index is 0.116. The lowest BCUT2D eigenvalue weighted by Crippen LogP contribution is -2.54. The lowest BCUT2D eigenvalue weighted by atomic mass is 9.96. The van der Waals surface area contributed by atoms with Crippen LogP contribution in [0.5, 0.6) is 11.5 Å². The first-order valence-corrected chi connectivity index (χ1v) is 16.6. The van der Waals surface area contributed by atoms with E-state index in [2.05, 4.69) is 25.8 Å². The number of fused-ring (bicyclic) bond motifs is 1. The van der Waals surface area contributed by atoms with E-state index in [4.69, 9.17) is 20.3 Å². The van der Waals surface area contributed by atoms with Crippen LogP contribution in [0.1, 0.15) is 32.7 Å². The average molecular weight is 668 g/mol. The highest BCUT2D eigenvalue weighted by atomic mass is 19.1. The highest BCUT2D eigenvalue weighted by Gasteiger charge is 2.33. The van der Waals surface area contributed by atoms with Crippen molar-refractivity contribution in [2.45, 2.75) is 38.3 Å². The predicted molar refractivity (Wildman–Crippen MR) is 184 cm³/mol. The smallest absolute Gasteiger partial charge is 0.264 e. The van der Waals surface area contributed by atoms with Crippen LogP contribution in [0.15, 0.2) is 66.5 Å². The molecular formula is C36H42FN9O3. The number of methoxy groups -OCH3 is 1. The number of hydrogen-bond acceptors (Lipinski definition) is 10. The summed E-state index contributed by atoms with van der Waals surface area (Å²) >= 11 is 0. The normalized spacial score (nSPS) is 18.1. The summed E-state index contributed by atoms with van der Waals surface area (Å²) in [6.45, 7) is 9.93. The van der Waals surface area contributed by atoms with Gasteiger partial charge in [-0.25, -0.2) is 19.0 Å². The summed E-state index contributed by atoms with van der Waals surface area (Å²) in [7, 11) is 1.71. The zero-order valence-corrected chi connectivity index (χ0v) is 28.2. The third-order valence-electron chi connectivity index (χ3n) is 9.37. The van der Waals surface area contributed by atoms with Gasteiger partial charge in [0.2, 0.25) is 0 Å². The van der Waals surface area contributed by atoms with Crippen molar-refractivity contribution >= 4 is 22.8 Å². The van der Waals surface area contributed by atoms with Crippen LogP contribution in [-0.2, 0) is 9.53 Å². The number of nitrogens with two attached hydrogens (primary N) is 1. The number of halogens is 1. The van der Waals surface area contributed by atoms with Crippen LogP contribution in [0.3, 0.4) is 0 Å². The summed E-state index contributed by atoms with van der Waals surface area (Å²) < 4.78 is 28.4. The summed E-state index contributed by atoms with van der Waals surface area (Å²) in [6, 6.07) is 15.6. The molecule has 4 heterocycles. The van der Waals surface area contributed by atoms with Crippen molar-refractivity contribution in [1.82, 2.24) is 34.4 Å². The third kappa shape index (κ3) is 7.41. The van der Waals surface area contributed by atoms with E-state index in [1.807, 2.05) is 32.0 Å². The number of anilines is 1. The van der Waals surface area contributed by atoms with E-state index in [0.29, 0.717) is 60.8 Å². The molecule has 0 spiro atoms. The van der Waals surface area contributed by atoms with E-state index in [1.165, 1.54) is 12.4 Å². The molecule has 2 aromatic carbocycles. The van der Waals surface area contributed by atoms with Gasteiger partial charge in [0.25, 0.3) is 5.91 Å². The second-order valence-corrected chi connectivity index (χ2v) is 13.0. The Morgan fingerprint density at radius 2 is 1.88 bits per heavy atom. The number of nitrogens with zero attached hydrogens (tertiary/aromatic N) is 8. The average Bonchev–Trinajstić information content (AvgIpc) is 3.51. The van der Waals surface area contributed by atoms with E-state index in [9.17, 15) is 10.1 Å². The molecule has 1 amide bonds. The Labute approximate surface area is 285 Å². The van der Waals surface area contributed by atoms with Crippen LogP contribution in [0.2, 0.25) is 0 Å². The predicted octanol–water partition coefficient (Wildman–Crippen LogP) is 4.66. The Balaban J connectivity index is 1.22. The van der Waals surface area contributed by atoms with E-state index in [-0.39, 0.29) is 28.9 Å². The molecule has 0 bridgehead atoms. The summed E-state index contributed by atoms with van der Waals surface area (Å²) in [6.07, 6.45) is 4.56. The molecule has 0 radical (unpaired) electrons. The molecule has 2 N–H and O–H groups in total. The van der Waals surface area contributed by atoms with Gasteiger partial charge in [-0.1, -0.05) is 18.2 Å². The molecular weight excluding hydrogens is 625 g/mol. The van der Waals surface area contributed by atoms with Crippen molar-refractivity contribution in [1.29, 1.82) is 5.26 Å². The van der Waals surface area contributed by atoms with Crippen molar-refractivity contribution in [3.63, 3.8) is 0 Å². The number of likely N-dealkylation sites (tertiary alicyclic amines) is 1. The number of carbonyl (C=O) groups excluding carboxylic acids is 1. The Bertz CT molecular complexity index is 1860. The highest BCUT2D eigenvalue weighted by Crippen LogP contribution is 2.36. The molecule has 13 heteroatoms. The molecule has 0 unspecified atom stereocenters. The Morgan fingerprint density at radius 1 is 1.10 bits per heavy atom. The van der Waals surface area contributed by atoms with Gasteiger partial charge in [0.1, 0.15) is 46.8 Å². The summed E-state index contributed by atoms with van der Waals surface area (Å²) in [5.41, 5.74) is 6.94. The first kappa shape index (κ1) is 34.0. The maximum Gasteiger partial charge on any atom is 0.264 e. The molecule has 4 aromatic rings. The SMILES string of the molecule is COCCN1CCN(C(C)(C)/C=C(/C#N)C(=O)N2CCC[C@H](n3nc(-c4ccc(Oc5ccccc5)cc4F)c4c(N)ncnc43)C2)CC1. The quantitative estimate of drug-likeness (QED) is 0.188. The lowest BCUT2D eigenvalue weighted by Gasteiger charge is -2.43. The fourth-order valence-electron chi connectivity index (χ4n) is 6.68. The van der Waals surface area contributed by atoms with Gasteiger partial charge in [-0.2, -0.15) is 10.4 Å². The number of nitriles is 1. The minimum Gasteiger partial charge on any atom is -0.457 e. The van der Waals surface area contributed by atoms with Gasteiger partial charge < -0.3 is 20.1 Å². The van der Waals surface area contributed by atoms with Crippen molar-refractivity contribution < 1.29 is 18.7 Å². The van der Waals surface area contributed by atoms with Gasteiger partial charge in [-0.15, -0.1) is 0 Å². The van der Waals surface area contributed by atoms with Crippen LogP contribution < -0.4 is 10.5 Å². The Hall–Kier alpha value is -4.90. The van der Waals surface area contributed by atoms with Gasteiger partial charge in [0.15, 0.2) is 5.65 Å². The number of hydrogen-bond donors (Lipinski definition) is 1. The third-order valence-corrected chi connectivity index (χ3v) is 9.37. The number of benzene rings is 2. The monoisotopic (exact) mass is 667 g/mol. The molecule has 0 aliphatic carbocycles. The molecule has 2 aliphatic rings. The van der Waals surface area contributed by atoms with Crippen molar-refractivity contribution in [2.24, 2.45) is 0 Å². The molecule has 1 atom stereocenters. The Morgan fingerprint density at radius 3 is 2.59 bits per heavy atom. The number of aromatic nitrogens is 4. The van der Waals surface area contributed by atoms with Crippen molar-refractivity contribution in [3.05, 3.63) is 72.3 Å². The summed E-state index contributed by atoms with van der Waals surface area (Å²) in [5.74, 6) is 0.260. The largest absolute Gasteiger partial charge is 0.457 e. The van der Waals surface area contributed by atoms with Gasteiger partial charge in [-0.3, -0.25) is 14.6 Å². The number of piperazine rings is 1. The minimum atomic E-state index is -0.536. The molecule has 49 heavy (non-hydrogen) atoms. The zero-order valence-electron chi connectivity index (χ0n) is 28.2. The number of carbonyl (C=O) groups is 1. The fourth-order valence-corrected chi connectivity index (χ4v) is 6.68. The van der Waals surface area contributed by atoms with Crippen LogP contribution in [-0.4, -0.2) is 105 Å². The molecule has 256 valence electrons. The number of amides is 1. The standard InChI is InChI=1S/C36H42FN9O3/c1-36(2,45-16-14-43(15-17-45)18-19-48-3)21-25(22-38)35(47)44-13-7-8-26(23-44)46-34-31(33(39)40-24-41-34)32(42-46)29-12-11-28(20-30(29)37)49-27-9-5-4-6-10-27/h4-6,9-12,20-21,24,26H,7-8,13-19,23H2,1-3H3,(H2,39,40,41)/b25-21-/t26-/m0/s1. The lowest BCUT2D eigenvalue weighted by molar-refractivity contribution is -0.128. The van der Waals surface area contributed by atoms with Gasteiger partial charge >= 0.3 is 0 Å². The van der Waals surface area contributed by atoms with Gasteiger partial charge in [-0.05, 0) is 57.0 Å². The van der Waals surface area contributed by atoms with Crippen LogP contribution in [0, 0.1) is 17.1 Å². The first-order chi connectivity index (χ1) is 23.7. The number of rotatable bonds is 10. The topological polar surface area (TPSA) is 139 Å². The van der Waals surface area contributed by atoms with Gasteiger partial charge in [0.05, 0.1) is 18.0 Å². The molecule has 12 nitrogen and oxygen atoms in total. The van der Waals surface area contributed by atoms with Crippen molar-refractivity contribution in [3.8, 4) is 28.8 Å². The number of ether oxygens (including phenoxy) is 2. The van der Waals surface area contributed by atoms with E-state index >= 15 is 4.39 Å². The molecule has 2 fully saturated rings. The molecule has 2 saturated heterocycles. The molecule has 6 rings (SSSR count). The number of nitrogen functional groups attached to an aromatic ring is 1. The van der Waals surface area contributed by atoms with Crippen LogP contribution >= 0.6 is 0 Å². The van der Waals surface area contributed by atoms with E-state index in [1.54, 1.807) is 47.0 Å². The van der Waals surface area contributed by atoms with Crippen LogP contribution in [0.4, 0.5) is 10.2 Å². The second kappa shape index (κ2) is 14.7. The summed E-state index contributed by atoms with van der Waals surface area (Å²) in [4.78, 5) is 28.9. The van der Waals surface area contributed by atoms with Crippen LogP contribution in [0.25, 0.3) is 22.3 Å². The maximum atomic E-state index is 15.7. The van der Waals surface area contributed by atoms with Crippen molar-refractivity contribution in [2.75, 3.05) is 65.3 Å². The second-order valence-electron chi connectivity index (χ2n) is 13.0. The molecule has 2 aromatic heterocycles. The Kier molecular flexibility index (Phi) is 10.2. The number of para-hydroxylation sites is 1. The number of piperidine rings is 1. The molecule has 2 aliphatic heterocycles. The maximum absolute atomic E-state index is 15.7.